The van der Waals surface area contributed by atoms with Crippen LogP contribution in [0.4, 0.5) is 4.79 Å². The number of urea groups is 1. The molecule has 0 aliphatic heterocycles. The zero-order valence-electron chi connectivity index (χ0n) is 30.0. The maximum absolute atomic E-state index is 14.0. The van der Waals surface area contributed by atoms with Crippen LogP contribution in [0.15, 0.2) is 70.0 Å². The van der Waals surface area contributed by atoms with E-state index in [1.807, 2.05) is 63.4 Å². The van der Waals surface area contributed by atoms with Gasteiger partial charge < -0.3 is 25.8 Å². The number of sulfonamides is 1. The first-order valence-electron chi connectivity index (χ1n) is 16.9. The van der Waals surface area contributed by atoms with Crippen molar-refractivity contribution < 1.29 is 28.3 Å². The van der Waals surface area contributed by atoms with Crippen molar-refractivity contribution in [2.75, 3.05) is 20.1 Å². The molecule has 3 amide bonds. The van der Waals surface area contributed by atoms with Crippen LogP contribution in [-0.4, -0.2) is 89.4 Å². The summed E-state index contributed by atoms with van der Waals surface area (Å²) in [4.78, 5) is 33.5. The molecule has 0 fully saturated rings. The van der Waals surface area contributed by atoms with Gasteiger partial charge in [0.2, 0.25) is 15.9 Å². The molecule has 3 aromatic rings. The average molecular weight is 729 g/mol. The van der Waals surface area contributed by atoms with Gasteiger partial charge in [-0.1, -0.05) is 95.6 Å². The van der Waals surface area contributed by atoms with E-state index in [0.717, 1.165) is 16.3 Å². The fourth-order valence-electron chi connectivity index (χ4n) is 5.30. The summed E-state index contributed by atoms with van der Waals surface area (Å²) in [5.41, 5.74) is 2.12. The number of hydrogen-bond acceptors (Lipinski definition) is 9. The Kier molecular flexibility index (Phi) is 15.4. The Labute approximate surface area is 300 Å². The number of carbonyl (C=O) groups excluding carboxylic acids is 2. The minimum Gasteiger partial charge on any atom is -0.411 e. The molecule has 2 aromatic carbocycles. The Balaban J connectivity index is 1.85. The van der Waals surface area contributed by atoms with Gasteiger partial charge in [0.1, 0.15) is 6.04 Å². The van der Waals surface area contributed by atoms with Gasteiger partial charge in [-0.25, -0.2) is 18.2 Å². The van der Waals surface area contributed by atoms with E-state index in [1.165, 1.54) is 39.7 Å². The minimum absolute atomic E-state index is 0.0193. The first-order valence-corrected chi connectivity index (χ1v) is 19.2. The highest BCUT2D eigenvalue weighted by atomic mass is 32.2. The fraction of sp³-hybridized carbons (Fsp3) is 0.500. The zero-order chi connectivity index (χ0) is 37.0. The van der Waals surface area contributed by atoms with Gasteiger partial charge in [0.05, 0.1) is 40.5 Å². The first kappa shape index (κ1) is 40.6. The lowest BCUT2D eigenvalue weighted by atomic mass is 9.96. The molecule has 12 nitrogen and oxygen atoms in total. The summed E-state index contributed by atoms with van der Waals surface area (Å²) in [7, 11) is -2.41. The number of aliphatic hydroxyl groups is 1. The van der Waals surface area contributed by atoms with Gasteiger partial charge in [0, 0.05) is 31.4 Å². The molecule has 4 atom stereocenters. The highest BCUT2D eigenvalue weighted by Gasteiger charge is 2.34. The maximum Gasteiger partial charge on any atom is 0.318 e. The molecule has 0 radical (unpaired) electrons. The number of nitrogens with zero attached hydrogens (tertiary/aromatic N) is 4. The smallest absolute Gasteiger partial charge is 0.318 e. The van der Waals surface area contributed by atoms with Gasteiger partial charge in [-0.2, -0.15) is 4.31 Å². The lowest BCUT2D eigenvalue weighted by Gasteiger charge is -2.33. The highest BCUT2D eigenvalue weighted by Crippen LogP contribution is 2.22. The summed E-state index contributed by atoms with van der Waals surface area (Å²) >= 11 is 1.55. The molecule has 14 heteroatoms. The summed E-state index contributed by atoms with van der Waals surface area (Å²) in [5, 5.41) is 32.3. The third kappa shape index (κ3) is 11.6. The number of hydrogen-bond donors (Lipinski definition) is 4. The Hall–Kier alpha value is -3.85. The number of oxime groups is 1. The van der Waals surface area contributed by atoms with Crippen LogP contribution in [0.2, 0.25) is 0 Å². The van der Waals surface area contributed by atoms with Crippen LogP contribution in [0.3, 0.4) is 0 Å². The molecule has 1 aromatic heterocycles. The highest BCUT2D eigenvalue weighted by molar-refractivity contribution is 7.89. The first-order chi connectivity index (χ1) is 23.7. The molecule has 0 bridgehead atoms. The van der Waals surface area contributed by atoms with Crippen LogP contribution in [-0.2, 0) is 27.8 Å². The number of rotatable bonds is 18. The molecule has 0 aliphatic rings. The van der Waals surface area contributed by atoms with Gasteiger partial charge in [-0.05, 0) is 41.5 Å². The van der Waals surface area contributed by atoms with Gasteiger partial charge in [0.25, 0.3) is 0 Å². The van der Waals surface area contributed by atoms with E-state index in [4.69, 9.17) is 5.21 Å². The second-order valence-corrected chi connectivity index (χ2v) is 16.2. The third-order valence-electron chi connectivity index (χ3n) is 8.36. The number of benzene rings is 2. The quantitative estimate of drug-likeness (QED) is 0.0808. The van der Waals surface area contributed by atoms with Crippen molar-refractivity contribution in [3.63, 3.8) is 0 Å². The molecule has 274 valence electrons. The summed E-state index contributed by atoms with van der Waals surface area (Å²) in [6, 6.07) is 13.0. The van der Waals surface area contributed by atoms with Crippen LogP contribution in [0, 0.1) is 11.8 Å². The third-order valence-corrected chi connectivity index (χ3v) is 11.4. The molecule has 1 heterocycles. The zero-order valence-corrected chi connectivity index (χ0v) is 31.6. The van der Waals surface area contributed by atoms with Crippen LogP contribution >= 0.6 is 11.3 Å². The number of amides is 3. The monoisotopic (exact) mass is 728 g/mol. The summed E-state index contributed by atoms with van der Waals surface area (Å²) < 4.78 is 28.9. The van der Waals surface area contributed by atoms with Crippen molar-refractivity contribution in [1.29, 1.82) is 0 Å². The molecule has 0 saturated carbocycles. The number of carbonyl (C=O) groups is 2. The molecule has 3 rings (SSSR count). The van der Waals surface area contributed by atoms with E-state index < -0.39 is 40.1 Å². The van der Waals surface area contributed by atoms with Crippen LogP contribution in [0.1, 0.15) is 75.7 Å². The van der Waals surface area contributed by atoms with Crippen molar-refractivity contribution in [1.82, 2.24) is 24.8 Å². The molecule has 0 unspecified atom stereocenters. The largest absolute Gasteiger partial charge is 0.411 e. The molecule has 4 N–H and O–H groups in total. The lowest BCUT2D eigenvalue weighted by Crippen LogP contribution is -2.58. The van der Waals surface area contributed by atoms with Crippen LogP contribution in [0.25, 0.3) is 0 Å². The second kappa shape index (κ2) is 18.9. The Morgan fingerprint density at radius 3 is 2.22 bits per heavy atom. The Morgan fingerprint density at radius 1 is 1.00 bits per heavy atom. The van der Waals surface area contributed by atoms with Gasteiger partial charge >= 0.3 is 6.03 Å². The summed E-state index contributed by atoms with van der Waals surface area (Å²) in [6.45, 7) is 11.8. The van der Waals surface area contributed by atoms with Crippen LogP contribution < -0.4 is 10.6 Å². The average Bonchev–Trinajstić information content (AvgIpc) is 3.55. The summed E-state index contributed by atoms with van der Waals surface area (Å²) in [5.74, 6) is -0.507. The van der Waals surface area contributed by atoms with E-state index in [9.17, 15) is 23.1 Å². The van der Waals surface area contributed by atoms with Crippen molar-refractivity contribution in [2.24, 2.45) is 17.0 Å². The van der Waals surface area contributed by atoms with Crippen molar-refractivity contribution in [3.05, 3.63) is 81.8 Å². The van der Waals surface area contributed by atoms with E-state index in [1.54, 1.807) is 18.4 Å². The normalized spacial score (nSPS) is 14.5. The van der Waals surface area contributed by atoms with E-state index in [0.29, 0.717) is 12.0 Å². The molecular weight excluding hydrogens is 677 g/mol. The predicted octanol–water partition coefficient (Wildman–Crippen LogP) is 5.07. The number of thiazole rings is 1. The number of aliphatic hydroxyl groups excluding tert-OH is 1. The van der Waals surface area contributed by atoms with Crippen molar-refractivity contribution in [3.8, 4) is 0 Å². The van der Waals surface area contributed by atoms with E-state index in [-0.39, 0.29) is 48.7 Å². The SMILES string of the molecule is CC[C@H](C)[C@H](NC(=O)N(C)Cc1csc(C(C)C)n1)C(=O)N[C@@H](Cc1ccccc1)[C@@H](O)CN(CC(C)C)S(=O)(=O)c1ccc(C=NO)cc1. The van der Waals surface area contributed by atoms with Gasteiger partial charge in [-0.3, -0.25) is 4.79 Å². The maximum atomic E-state index is 14.0. The topological polar surface area (TPSA) is 165 Å². The minimum atomic E-state index is -4.06. The Bertz CT molecular complexity index is 1650. The Morgan fingerprint density at radius 2 is 1.66 bits per heavy atom. The molecule has 0 spiro atoms. The molecule has 0 aliphatic carbocycles. The van der Waals surface area contributed by atoms with Crippen molar-refractivity contribution >= 4 is 39.5 Å². The van der Waals surface area contributed by atoms with Gasteiger partial charge in [0.15, 0.2) is 0 Å². The number of nitrogens with one attached hydrogen (secondary N) is 2. The fourth-order valence-corrected chi connectivity index (χ4v) is 7.75. The lowest BCUT2D eigenvalue weighted by molar-refractivity contribution is -0.125. The summed E-state index contributed by atoms with van der Waals surface area (Å²) in [6.07, 6.45) is 0.714. The van der Waals surface area contributed by atoms with Crippen LogP contribution in [0.5, 0.6) is 0 Å². The van der Waals surface area contributed by atoms with E-state index in [2.05, 4.69) is 34.6 Å². The van der Waals surface area contributed by atoms with E-state index >= 15 is 0 Å². The molecule has 50 heavy (non-hydrogen) atoms. The number of aromatic nitrogens is 1. The standard InChI is InChI=1S/C36H52N6O6S2/c1-8-26(6)33(40-36(45)41(7)21-29-23-49-35(38-29)25(4)5)34(44)39-31(18-27-12-10-9-11-13-27)32(43)22-42(20-24(2)3)50(47,48)30-16-14-28(15-17-30)19-37-46/h9-17,19,23-26,31-33,43,46H,8,18,20-22H2,1-7H3,(H,39,44)(H,40,45)/t26-,31-,32-,33-/m0/s1. The molecular formula is C36H52N6O6S2. The predicted molar refractivity (Wildman–Crippen MR) is 197 cm³/mol. The second-order valence-electron chi connectivity index (χ2n) is 13.4. The van der Waals surface area contributed by atoms with Crippen molar-refractivity contribution in [2.45, 2.75) is 89.9 Å². The molecule has 0 saturated heterocycles. The van der Waals surface area contributed by atoms with Gasteiger partial charge in [-0.15, -0.1) is 11.3 Å².